The van der Waals surface area contributed by atoms with Gasteiger partial charge in [0.25, 0.3) is 0 Å². The Morgan fingerprint density at radius 2 is 1.62 bits per heavy atom. The molecular weight excluding hydrogens is 518 g/mol. The highest BCUT2D eigenvalue weighted by atomic mass is 16.4. The molecule has 0 aliphatic carbocycles. The highest BCUT2D eigenvalue weighted by molar-refractivity contribution is 5.95. The molecule has 0 fully saturated rings. The summed E-state index contributed by atoms with van der Waals surface area (Å²) in [6.07, 6.45) is 3.14. The molecule has 0 radical (unpaired) electrons. The highest BCUT2D eigenvalue weighted by Crippen LogP contribution is 2.22. The van der Waals surface area contributed by atoms with Gasteiger partial charge in [-0.15, -0.1) is 0 Å². The Balaban J connectivity index is 2.24. The molecule has 0 aliphatic rings. The van der Waals surface area contributed by atoms with Gasteiger partial charge in [-0.2, -0.15) is 0 Å². The summed E-state index contributed by atoms with van der Waals surface area (Å²) >= 11 is 0. The molecule has 0 bridgehead atoms. The van der Waals surface area contributed by atoms with Gasteiger partial charge in [0.05, 0.1) is 5.92 Å². The van der Waals surface area contributed by atoms with E-state index in [-0.39, 0.29) is 37.6 Å². The molecule has 0 saturated carbocycles. The first-order chi connectivity index (χ1) is 19.0. The van der Waals surface area contributed by atoms with Crippen LogP contribution in [0.2, 0.25) is 0 Å². The fraction of sp³-hybridized carbons (Fsp3) is 0.346. The first-order valence-corrected chi connectivity index (χ1v) is 12.5. The van der Waals surface area contributed by atoms with Crippen molar-refractivity contribution in [2.45, 2.75) is 50.1 Å². The number of nitrogens with one attached hydrogen (secondary N) is 3. The summed E-state index contributed by atoms with van der Waals surface area (Å²) in [5.74, 6) is -4.26. The molecule has 14 nitrogen and oxygen atoms in total. The molecule has 3 amide bonds. The van der Waals surface area contributed by atoms with Gasteiger partial charge in [0.2, 0.25) is 17.7 Å². The van der Waals surface area contributed by atoms with Gasteiger partial charge in [-0.1, -0.05) is 30.3 Å². The number of carboxylic acid groups (broad SMARTS) is 1. The number of hydrogen-bond donors (Lipinski definition) is 8. The Morgan fingerprint density at radius 1 is 0.950 bits per heavy atom. The number of nitrogens with two attached hydrogens (primary N) is 4. The number of carbonyl (C=O) groups excluding carboxylic acids is 3. The Labute approximate surface area is 231 Å². The number of pyridine rings is 1. The molecule has 40 heavy (non-hydrogen) atoms. The van der Waals surface area contributed by atoms with Crippen LogP contribution in [-0.4, -0.2) is 64.2 Å². The zero-order chi connectivity index (χ0) is 29.7. The second kappa shape index (κ2) is 15.4. The number of aliphatic carboxylic acids is 1. The predicted molar refractivity (Wildman–Crippen MR) is 148 cm³/mol. The van der Waals surface area contributed by atoms with Crippen molar-refractivity contribution in [1.82, 2.24) is 15.6 Å². The number of amidine groups is 1. The highest BCUT2D eigenvalue weighted by Gasteiger charge is 2.29. The molecule has 1 heterocycles. The third-order valence-electron chi connectivity index (χ3n) is 5.99. The summed E-state index contributed by atoms with van der Waals surface area (Å²) < 4.78 is 0. The number of guanidine groups is 1. The maximum absolute atomic E-state index is 13.5. The van der Waals surface area contributed by atoms with E-state index in [0.717, 1.165) is 5.56 Å². The molecule has 2 rings (SSSR count). The molecule has 3 atom stereocenters. The lowest BCUT2D eigenvalue weighted by atomic mass is 9.91. The number of hydrogen-bond acceptors (Lipinski definition) is 7. The van der Waals surface area contributed by atoms with Crippen molar-refractivity contribution in [2.24, 2.45) is 27.9 Å². The number of amides is 3. The Bertz CT molecular complexity index is 1210. The Morgan fingerprint density at radius 3 is 2.17 bits per heavy atom. The lowest BCUT2D eigenvalue weighted by Gasteiger charge is -2.24. The summed E-state index contributed by atoms with van der Waals surface area (Å²) in [5.41, 5.74) is 23.4. The zero-order valence-corrected chi connectivity index (χ0v) is 21.9. The summed E-state index contributed by atoms with van der Waals surface area (Å²) in [7, 11) is 0. The molecule has 12 N–H and O–H groups in total. The number of benzene rings is 1. The third-order valence-corrected chi connectivity index (χ3v) is 5.99. The minimum Gasteiger partial charge on any atom is -0.481 e. The van der Waals surface area contributed by atoms with Crippen molar-refractivity contribution in [3.05, 3.63) is 65.5 Å². The van der Waals surface area contributed by atoms with E-state index in [1.54, 1.807) is 42.6 Å². The average molecular weight is 554 g/mol. The normalized spacial score (nSPS) is 12.8. The van der Waals surface area contributed by atoms with Gasteiger partial charge in [-0.25, -0.2) is 0 Å². The summed E-state index contributed by atoms with van der Waals surface area (Å²) in [4.78, 5) is 57.8. The fourth-order valence-corrected chi connectivity index (χ4v) is 3.87. The molecule has 0 aliphatic heterocycles. The quantitative estimate of drug-likeness (QED) is 0.0723. The monoisotopic (exact) mass is 553 g/mol. The number of carboxylic acids is 1. The van der Waals surface area contributed by atoms with Crippen molar-refractivity contribution in [2.75, 3.05) is 6.54 Å². The smallest absolute Gasteiger partial charge is 0.303 e. The molecule has 2 aromatic rings. The summed E-state index contributed by atoms with van der Waals surface area (Å²) in [6, 6.07) is 7.84. The molecule has 1 aromatic heterocycles. The molecular formula is C26H35N9O5. The topological polar surface area (TPSA) is 266 Å². The van der Waals surface area contributed by atoms with Crippen LogP contribution in [0.1, 0.15) is 48.3 Å². The number of nitrogen functional groups attached to an aromatic ring is 1. The van der Waals surface area contributed by atoms with E-state index in [4.69, 9.17) is 28.3 Å². The molecule has 1 unspecified atom stereocenters. The Kier molecular flexibility index (Phi) is 12.0. The van der Waals surface area contributed by atoms with E-state index in [0.29, 0.717) is 17.5 Å². The van der Waals surface area contributed by atoms with Gasteiger partial charge in [0, 0.05) is 30.9 Å². The minimum absolute atomic E-state index is 0.0918. The second-order valence-corrected chi connectivity index (χ2v) is 9.06. The lowest BCUT2D eigenvalue weighted by Crippen LogP contribution is -2.53. The van der Waals surface area contributed by atoms with Gasteiger partial charge < -0.3 is 38.7 Å². The van der Waals surface area contributed by atoms with Crippen LogP contribution in [0.15, 0.2) is 53.8 Å². The number of aromatic nitrogens is 1. The second-order valence-electron chi connectivity index (χ2n) is 9.06. The van der Waals surface area contributed by atoms with E-state index in [2.05, 4.69) is 20.6 Å². The van der Waals surface area contributed by atoms with Gasteiger partial charge in [0.1, 0.15) is 17.9 Å². The first kappa shape index (κ1) is 31.2. The van der Waals surface area contributed by atoms with Crippen LogP contribution in [-0.2, 0) is 25.6 Å². The number of rotatable bonds is 16. The van der Waals surface area contributed by atoms with Crippen LogP contribution in [0, 0.1) is 5.41 Å². The van der Waals surface area contributed by atoms with Gasteiger partial charge in [-0.05, 0) is 42.9 Å². The molecule has 14 heteroatoms. The van der Waals surface area contributed by atoms with E-state index in [1.165, 1.54) is 6.20 Å². The zero-order valence-electron chi connectivity index (χ0n) is 21.9. The van der Waals surface area contributed by atoms with Crippen molar-refractivity contribution in [1.29, 1.82) is 5.41 Å². The average Bonchev–Trinajstić information content (AvgIpc) is 2.91. The summed E-state index contributed by atoms with van der Waals surface area (Å²) in [6.45, 7) is 0.210. The van der Waals surface area contributed by atoms with E-state index in [9.17, 15) is 24.3 Å². The van der Waals surface area contributed by atoms with E-state index < -0.39 is 48.1 Å². The fourth-order valence-electron chi connectivity index (χ4n) is 3.87. The van der Waals surface area contributed by atoms with Crippen molar-refractivity contribution < 1.29 is 24.3 Å². The van der Waals surface area contributed by atoms with Crippen molar-refractivity contribution in [3.63, 3.8) is 0 Å². The lowest BCUT2D eigenvalue weighted by molar-refractivity contribution is -0.138. The molecule has 0 spiro atoms. The largest absolute Gasteiger partial charge is 0.481 e. The standard InChI is InChI=1S/C26H35N9O5/c27-22(28)16-7-5-15(6-8-16)13-18(17-3-1-11-32-14-17)24(39)35-20(9-10-21(36)37)25(40)34-19(23(29)38)4-2-12-33-26(30)31/h1,3,5-8,11,14,18-20H,2,4,9-10,12-13H2,(H3,27,28)(H2,29,38)(H,34,40)(H,35,39)(H,36,37)(H4,30,31,33)/t18?,19-,20-/m0/s1. The SMILES string of the molecule is N=C(N)c1ccc(CC(C(=O)N[C@@H](CCC(=O)O)C(=O)N[C@@H](CCCN=C(N)N)C(N)=O)c2cccnc2)cc1. The maximum atomic E-state index is 13.5. The number of nitrogens with zero attached hydrogens (tertiary/aromatic N) is 2. The number of carbonyl (C=O) groups is 4. The van der Waals surface area contributed by atoms with Crippen molar-refractivity contribution >= 4 is 35.5 Å². The predicted octanol–water partition coefficient (Wildman–Crippen LogP) is -0.935. The van der Waals surface area contributed by atoms with Crippen LogP contribution in [0.25, 0.3) is 0 Å². The van der Waals surface area contributed by atoms with Gasteiger partial charge in [0.15, 0.2) is 5.96 Å². The third kappa shape index (κ3) is 10.4. The summed E-state index contributed by atoms with van der Waals surface area (Å²) in [5, 5.41) is 21.9. The molecule has 1 aromatic carbocycles. The van der Waals surface area contributed by atoms with Crippen LogP contribution < -0.4 is 33.6 Å². The maximum Gasteiger partial charge on any atom is 0.303 e. The minimum atomic E-state index is -1.26. The molecule has 214 valence electrons. The van der Waals surface area contributed by atoms with E-state index >= 15 is 0 Å². The first-order valence-electron chi connectivity index (χ1n) is 12.5. The number of primary amides is 1. The van der Waals surface area contributed by atoms with E-state index in [1.807, 2.05) is 0 Å². The van der Waals surface area contributed by atoms with Crippen LogP contribution in [0.4, 0.5) is 0 Å². The van der Waals surface area contributed by atoms with Crippen LogP contribution in [0.3, 0.4) is 0 Å². The van der Waals surface area contributed by atoms with Gasteiger partial charge in [-0.3, -0.25) is 34.6 Å². The van der Waals surface area contributed by atoms with Crippen LogP contribution in [0.5, 0.6) is 0 Å². The van der Waals surface area contributed by atoms with Gasteiger partial charge >= 0.3 is 5.97 Å². The molecule has 0 saturated heterocycles. The van der Waals surface area contributed by atoms with Crippen LogP contribution >= 0.6 is 0 Å². The number of aliphatic imine (C=N–C) groups is 1. The Hall–Kier alpha value is -5.01. The van der Waals surface area contributed by atoms with Crippen molar-refractivity contribution in [3.8, 4) is 0 Å².